The van der Waals surface area contributed by atoms with Gasteiger partial charge in [0.1, 0.15) is 0 Å². The SMILES string of the molecule is Cc1noc(NC(=O)C2CCCC2N)c1C. The number of carbonyl (C=O) groups is 1. The molecule has 1 aliphatic carbocycles. The number of carbonyl (C=O) groups excluding carboxylic acids is 1. The molecule has 0 bridgehead atoms. The van der Waals surface area contributed by atoms with Crippen LogP contribution in [0.25, 0.3) is 0 Å². The molecule has 1 aromatic rings. The van der Waals surface area contributed by atoms with Gasteiger partial charge < -0.3 is 10.3 Å². The van der Waals surface area contributed by atoms with E-state index in [1.54, 1.807) is 0 Å². The highest BCUT2D eigenvalue weighted by molar-refractivity contribution is 5.92. The molecule has 0 aliphatic heterocycles. The van der Waals surface area contributed by atoms with Gasteiger partial charge in [-0.25, -0.2) is 0 Å². The van der Waals surface area contributed by atoms with Crippen molar-refractivity contribution in [1.82, 2.24) is 5.16 Å². The van der Waals surface area contributed by atoms with Crippen LogP contribution >= 0.6 is 0 Å². The maximum absolute atomic E-state index is 11.9. The molecule has 1 aliphatic rings. The molecule has 0 spiro atoms. The van der Waals surface area contributed by atoms with Crippen LogP contribution in [0.2, 0.25) is 0 Å². The number of nitrogens with two attached hydrogens (primary N) is 1. The number of nitrogens with zero attached hydrogens (tertiary/aromatic N) is 1. The van der Waals surface area contributed by atoms with Crippen molar-refractivity contribution < 1.29 is 9.32 Å². The van der Waals surface area contributed by atoms with Gasteiger partial charge in [0.15, 0.2) is 0 Å². The molecule has 1 amide bonds. The van der Waals surface area contributed by atoms with Crippen LogP contribution in [0, 0.1) is 19.8 Å². The van der Waals surface area contributed by atoms with Gasteiger partial charge in [0.05, 0.1) is 11.6 Å². The fourth-order valence-electron chi connectivity index (χ4n) is 2.05. The summed E-state index contributed by atoms with van der Waals surface area (Å²) < 4.78 is 5.04. The quantitative estimate of drug-likeness (QED) is 0.793. The Labute approximate surface area is 94.4 Å². The Bertz CT molecular complexity index is 400. The maximum Gasteiger partial charge on any atom is 0.234 e. The average Bonchev–Trinajstić information content (AvgIpc) is 2.79. The molecule has 2 atom stereocenters. The molecule has 1 heterocycles. The molecule has 2 unspecified atom stereocenters. The van der Waals surface area contributed by atoms with E-state index in [0.717, 1.165) is 30.5 Å². The van der Waals surface area contributed by atoms with Gasteiger partial charge in [-0.2, -0.15) is 0 Å². The van der Waals surface area contributed by atoms with Gasteiger partial charge in [-0.05, 0) is 26.7 Å². The molecule has 0 saturated heterocycles. The van der Waals surface area contributed by atoms with Crippen LogP contribution in [0.5, 0.6) is 0 Å². The molecule has 1 saturated carbocycles. The molecule has 1 fully saturated rings. The molecular weight excluding hydrogens is 206 g/mol. The van der Waals surface area contributed by atoms with E-state index in [1.807, 2.05) is 13.8 Å². The zero-order valence-corrected chi connectivity index (χ0v) is 9.62. The second-order valence-corrected chi connectivity index (χ2v) is 4.41. The van der Waals surface area contributed by atoms with Gasteiger partial charge in [0.2, 0.25) is 11.8 Å². The molecule has 88 valence electrons. The number of aryl methyl sites for hydroxylation is 1. The summed E-state index contributed by atoms with van der Waals surface area (Å²) in [6, 6.07) is -0.0238. The van der Waals surface area contributed by atoms with Crippen molar-refractivity contribution in [2.24, 2.45) is 11.7 Å². The lowest BCUT2D eigenvalue weighted by Gasteiger charge is -2.13. The number of amides is 1. The van der Waals surface area contributed by atoms with Crippen molar-refractivity contribution in [2.45, 2.75) is 39.2 Å². The van der Waals surface area contributed by atoms with E-state index in [1.165, 1.54) is 0 Å². The lowest BCUT2D eigenvalue weighted by atomic mass is 10.0. The molecule has 3 N–H and O–H groups in total. The summed E-state index contributed by atoms with van der Waals surface area (Å²) in [5.41, 5.74) is 7.54. The first-order valence-corrected chi connectivity index (χ1v) is 5.59. The Morgan fingerprint density at radius 1 is 1.50 bits per heavy atom. The van der Waals surface area contributed by atoms with Crippen LogP contribution in [0.4, 0.5) is 5.88 Å². The first-order chi connectivity index (χ1) is 7.59. The number of aromatic nitrogens is 1. The lowest BCUT2D eigenvalue weighted by molar-refractivity contribution is -0.120. The first kappa shape index (κ1) is 11.1. The molecule has 1 aromatic heterocycles. The summed E-state index contributed by atoms with van der Waals surface area (Å²) in [6.07, 6.45) is 2.80. The van der Waals surface area contributed by atoms with Gasteiger partial charge in [-0.15, -0.1) is 0 Å². The van der Waals surface area contributed by atoms with Crippen molar-refractivity contribution in [2.75, 3.05) is 5.32 Å². The molecule has 5 heteroatoms. The topological polar surface area (TPSA) is 81.2 Å². The minimum atomic E-state index is -0.0928. The fraction of sp³-hybridized carbons (Fsp3) is 0.636. The highest BCUT2D eigenvalue weighted by Crippen LogP contribution is 2.26. The summed E-state index contributed by atoms with van der Waals surface area (Å²) >= 11 is 0. The normalized spacial score (nSPS) is 24.7. The molecule has 5 nitrogen and oxygen atoms in total. The summed E-state index contributed by atoms with van der Waals surface area (Å²) in [5, 5.41) is 6.55. The summed E-state index contributed by atoms with van der Waals surface area (Å²) in [4.78, 5) is 11.9. The number of hydrogen-bond acceptors (Lipinski definition) is 4. The Hall–Kier alpha value is -1.36. The number of anilines is 1. The van der Waals surface area contributed by atoms with Crippen LogP contribution in [0.15, 0.2) is 4.52 Å². The van der Waals surface area contributed by atoms with Gasteiger partial charge in [-0.3, -0.25) is 10.1 Å². The highest BCUT2D eigenvalue weighted by Gasteiger charge is 2.31. The third kappa shape index (κ3) is 1.95. The minimum absolute atomic E-state index is 0.0238. The zero-order chi connectivity index (χ0) is 11.7. The fourth-order valence-corrected chi connectivity index (χ4v) is 2.05. The number of hydrogen-bond donors (Lipinski definition) is 2. The van der Waals surface area contributed by atoms with Crippen molar-refractivity contribution in [3.8, 4) is 0 Å². The minimum Gasteiger partial charge on any atom is -0.338 e. The van der Waals surface area contributed by atoms with Crippen molar-refractivity contribution in [3.05, 3.63) is 11.3 Å². The van der Waals surface area contributed by atoms with Gasteiger partial charge in [0, 0.05) is 11.6 Å². The van der Waals surface area contributed by atoms with E-state index in [4.69, 9.17) is 10.3 Å². The highest BCUT2D eigenvalue weighted by atomic mass is 16.5. The molecule has 16 heavy (non-hydrogen) atoms. The Morgan fingerprint density at radius 2 is 2.25 bits per heavy atom. The molecule has 0 radical (unpaired) electrons. The molecule has 0 aromatic carbocycles. The molecule has 2 rings (SSSR count). The second-order valence-electron chi connectivity index (χ2n) is 4.41. The van der Waals surface area contributed by atoms with Gasteiger partial charge in [-0.1, -0.05) is 11.6 Å². The van der Waals surface area contributed by atoms with Crippen LogP contribution in [-0.4, -0.2) is 17.1 Å². The monoisotopic (exact) mass is 223 g/mol. The smallest absolute Gasteiger partial charge is 0.234 e. The van der Waals surface area contributed by atoms with Crippen LogP contribution in [0.1, 0.15) is 30.5 Å². The number of nitrogens with one attached hydrogen (secondary N) is 1. The third-order valence-corrected chi connectivity index (χ3v) is 3.30. The Morgan fingerprint density at radius 3 is 2.75 bits per heavy atom. The van der Waals surface area contributed by atoms with Gasteiger partial charge in [0.25, 0.3) is 0 Å². The zero-order valence-electron chi connectivity index (χ0n) is 9.62. The predicted molar refractivity (Wildman–Crippen MR) is 59.9 cm³/mol. The summed E-state index contributed by atoms with van der Waals surface area (Å²) in [5.74, 6) is 0.302. The van der Waals surface area contributed by atoms with Crippen LogP contribution in [-0.2, 0) is 4.79 Å². The van der Waals surface area contributed by atoms with E-state index in [9.17, 15) is 4.79 Å². The second kappa shape index (κ2) is 4.25. The third-order valence-electron chi connectivity index (χ3n) is 3.30. The van der Waals surface area contributed by atoms with Crippen molar-refractivity contribution in [1.29, 1.82) is 0 Å². The van der Waals surface area contributed by atoms with E-state index in [2.05, 4.69) is 10.5 Å². The van der Waals surface area contributed by atoms with E-state index in [-0.39, 0.29) is 17.9 Å². The van der Waals surface area contributed by atoms with E-state index in [0.29, 0.717) is 5.88 Å². The van der Waals surface area contributed by atoms with E-state index < -0.39 is 0 Å². The Balaban J connectivity index is 2.05. The predicted octanol–water partition coefficient (Wildman–Crippen LogP) is 1.36. The van der Waals surface area contributed by atoms with Crippen molar-refractivity contribution >= 4 is 11.8 Å². The Kier molecular flexibility index (Phi) is 2.96. The standard InChI is InChI=1S/C11H17N3O2/c1-6-7(2)14-16-11(6)13-10(15)8-4-3-5-9(8)12/h8-9H,3-5,12H2,1-2H3,(H,13,15). The lowest BCUT2D eigenvalue weighted by Crippen LogP contribution is -2.34. The van der Waals surface area contributed by atoms with E-state index >= 15 is 0 Å². The summed E-state index contributed by atoms with van der Waals surface area (Å²) in [6.45, 7) is 3.71. The largest absolute Gasteiger partial charge is 0.338 e. The van der Waals surface area contributed by atoms with Crippen LogP contribution < -0.4 is 11.1 Å². The number of rotatable bonds is 2. The summed E-state index contributed by atoms with van der Waals surface area (Å²) in [7, 11) is 0. The first-order valence-electron chi connectivity index (χ1n) is 5.59. The maximum atomic E-state index is 11.9. The van der Waals surface area contributed by atoms with Crippen molar-refractivity contribution in [3.63, 3.8) is 0 Å². The average molecular weight is 223 g/mol. The molecular formula is C11H17N3O2. The van der Waals surface area contributed by atoms with Gasteiger partial charge >= 0.3 is 0 Å². The van der Waals surface area contributed by atoms with Crippen LogP contribution in [0.3, 0.4) is 0 Å².